The summed E-state index contributed by atoms with van der Waals surface area (Å²) in [7, 11) is 1.93. The van der Waals surface area contributed by atoms with Crippen molar-refractivity contribution in [3.05, 3.63) is 0 Å². The van der Waals surface area contributed by atoms with Crippen molar-refractivity contribution in [3.8, 4) is 0 Å². The molecule has 0 aliphatic heterocycles. The van der Waals surface area contributed by atoms with E-state index in [1.807, 2.05) is 6.92 Å². The monoisotopic (exact) mass is 248 g/mol. The van der Waals surface area contributed by atoms with Gasteiger partial charge in [0, 0.05) is 27.2 Å². The molecule has 1 unspecified atom stereocenters. The third-order valence-electron chi connectivity index (χ3n) is 2.81. The predicted octanol–water partition coefficient (Wildman–Crippen LogP) is 3.06. The van der Waals surface area contributed by atoms with Gasteiger partial charge in [-0.1, -0.05) is 33.0 Å². The highest BCUT2D eigenvalue weighted by Crippen LogP contribution is 2.31. The van der Waals surface area contributed by atoms with Crippen LogP contribution in [-0.2, 0) is 14.2 Å². The molecule has 0 aromatic rings. The third-order valence-corrected chi connectivity index (χ3v) is 4.99. The fraction of sp³-hybridized carbons (Fsp3) is 1.00. The fourth-order valence-corrected chi connectivity index (χ4v) is 4.55. The van der Waals surface area contributed by atoms with Gasteiger partial charge in [-0.2, -0.15) is 0 Å². The van der Waals surface area contributed by atoms with Gasteiger partial charge in [0.1, 0.15) is 5.73 Å². The molecule has 0 aromatic carbocycles. The topological polar surface area (TPSA) is 27.7 Å². The van der Waals surface area contributed by atoms with Gasteiger partial charge in [0.05, 0.1) is 8.07 Å². The molecule has 16 heavy (non-hydrogen) atoms. The molecule has 0 bridgehead atoms. The van der Waals surface area contributed by atoms with Crippen LogP contribution in [0.2, 0.25) is 19.6 Å². The largest absolute Gasteiger partial charge is 0.376 e. The molecule has 0 amide bonds. The molecular formula is C12H28O3Si. The molecule has 0 saturated heterocycles. The minimum Gasteiger partial charge on any atom is -0.376 e. The second-order valence-electron chi connectivity index (χ2n) is 5.17. The van der Waals surface area contributed by atoms with Crippen LogP contribution >= 0.6 is 0 Å². The van der Waals surface area contributed by atoms with Crippen molar-refractivity contribution < 1.29 is 14.2 Å². The Labute approximate surface area is 101 Å². The molecule has 98 valence electrons. The lowest BCUT2D eigenvalue weighted by Gasteiger charge is -2.43. The number of rotatable bonds is 8. The zero-order valence-corrected chi connectivity index (χ0v) is 12.9. The molecule has 0 fully saturated rings. The van der Waals surface area contributed by atoms with Crippen LogP contribution in [0.4, 0.5) is 0 Å². The minimum absolute atomic E-state index is 0.0694. The van der Waals surface area contributed by atoms with E-state index < -0.39 is 13.9 Å². The normalized spacial score (nSPS) is 15.2. The van der Waals surface area contributed by atoms with E-state index >= 15 is 0 Å². The number of ether oxygens (including phenoxy) is 3. The summed E-state index contributed by atoms with van der Waals surface area (Å²) in [6.07, 6.45) is 1.89. The van der Waals surface area contributed by atoms with Crippen molar-refractivity contribution in [2.75, 3.05) is 20.8 Å². The summed E-state index contributed by atoms with van der Waals surface area (Å²) in [4.78, 5) is 0. The lowest BCUT2D eigenvalue weighted by Crippen LogP contribution is -2.58. The van der Waals surface area contributed by atoms with E-state index in [1.54, 1.807) is 14.2 Å². The third kappa shape index (κ3) is 3.84. The predicted molar refractivity (Wildman–Crippen MR) is 70.4 cm³/mol. The zero-order valence-electron chi connectivity index (χ0n) is 11.9. The fourth-order valence-electron chi connectivity index (χ4n) is 2.18. The van der Waals surface area contributed by atoms with E-state index in [2.05, 4.69) is 26.6 Å². The molecule has 0 rings (SSSR count). The number of hydrogen-bond acceptors (Lipinski definition) is 3. The maximum atomic E-state index is 5.92. The van der Waals surface area contributed by atoms with Crippen LogP contribution in [0.1, 0.15) is 26.7 Å². The van der Waals surface area contributed by atoms with Crippen molar-refractivity contribution in [3.63, 3.8) is 0 Å². The van der Waals surface area contributed by atoms with Crippen LogP contribution in [0.25, 0.3) is 0 Å². The number of methoxy groups -OCH3 is 2. The van der Waals surface area contributed by atoms with Gasteiger partial charge in [-0.25, -0.2) is 0 Å². The van der Waals surface area contributed by atoms with Crippen LogP contribution in [0.15, 0.2) is 0 Å². The van der Waals surface area contributed by atoms with Gasteiger partial charge in [0.15, 0.2) is 5.79 Å². The van der Waals surface area contributed by atoms with Gasteiger partial charge < -0.3 is 14.2 Å². The summed E-state index contributed by atoms with van der Waals surface area (Å²) < 4.78 is 17.2. The average Bonchev–Trinajstić information content (AvgIpc) is 2.22. The highest BCUT2D eigenvalue weighted by molar-refractivity contribution is 6.77. The molecule has 0 aromatic heterocycles. The van der Waals surface area contributed by atoms with Crippen molar-refractivity contribution in [1.82, 2.24) is 0 Å². The Morgan fingerprint density at radius 1 is 1.06 bits per heavy atom. The molecule has 1 atom stereocenters. The molecule has 0 aliphatic rings. The van der Waals surface area contributed by atoms with Gasteiger partial charge in [-0.15, -0.1) is 0 Å². The standard InChI is InChI=1S/C12H28O3Si/c1-8-10-12(13-3,14-4)11(15-9-2)16(5,6)7/h11H,8-10H2,1-7H3. The first-order valence-electron chi connectivity index (χ1n) is 6.09. The van der Waals surface area contributed by atoms with Gasteiger partial charge in [0.2, 0.25) is 0 Å². The van der Waals surface area contributed by atoms with Crippen LogP contribution in [0, 0.1) is 0 Å². The van der Waals surface area contributed by atoms with Crippen molar-refractivity contribution in [2.24, 2.45) is 0 Å². The second-order valence-corrected chi connectivity index (χ2v) is 10.4. The molecule has 0 saturated carbocycles. The Balaban J connectivity index is 5.07. The van der Waals surface area contributed by atoms with Gasteiger partial charge in [0.25, 0.3) is 0 Å². The Bertz CT molecular complexity index is 185. The molecule has 0 spiro atoms. The molecule has 3 nitrogen and oxygen atoms in total. The Hall–Kier alpha value is 0.0969. The highest BCUT2D eigenvalue weighted by atomic mass is 28.3. The lowest BCUT2D eigenvalue weighted by molar-refractivity contribution is -0.254. The van der Waals surface area contributed by atoms with Crippen molar-refractivity contribution in [2.45, 2.75) is 57.8 Å². The van der Waals surface area contributed by atoms with E-state index in [9.17, 15) is 0 Å². The summed E-state index contributed by atoms with van der Waals surface area (Å²) in [5.41, 5.74) is 0.0694. The second kappa shape index (κ2) is 6.74. The Kier molecular flexibility index (Phi) is 6.78. The molecular weight excluding hydrogens is 220 g/mol. The molecule has 4 heteroatoms. The van der Waals surface area contributed by atoms with Crippen LogP contribution in [-0.4, -0.2) is 40.4 Å². The summed E-state index contributed by atoms with van der Waals surface area (Å²) in [6, 6.07) is 0. The van der Waals surface area contributed by atoms with Crippen LogP contribution in [0.5, 0.6) is 0 Å². The zero-order chi connectivity index (χ0) is 12.8. The van der Waals surface area contributed by atoms with E-state index in [0.29, 0.717) is 6.61 Å². The maximum absolute atomic E-state index is 5.92. The molecule has 0 N–H and O–H groups in total. The lowest BCUT2D eigenvalue weighted by atomic mass is 10.1. The minimum atomic E-state index is -1.49. The Morgan fingerprint density at radius 2 is 1.56 bits per heavy atom. The summed E-state index contributed by atoms with van der Waals surface area (Å²) in [5.74, 6) is -0.574. The number of hydrogen-bond donors (Lipinski definition) is 0. The van der Waals surface area contributed by atoms with E-state index in [1.165, 1.54) is 0 Å². The average molecular weight is 248 g/mol. The van der Waals surface area contributed by atoms with Gasteiger partial charge in [-0.3, -0.25) is 0 Å². The smallest absolute Gasteiger partial charge is 0.190 e. The first-order chi connectivity index (χ1) is 7.37. The molecule has 0 radical (unpaired) electrons. The van der Waals surface area contributed by atoms with Crippen LogP contribution in [0.3, 0.4) is 0 Å². The first-order valence-corrected chi connectivity index (χ1v) is 9.67. The van der Waals surface area contributed by atoms with Crippen LogP contribution < -0.4 is 0 Å². The van der Waals surface area contributed by atoms with Gasteiger partial charge >= 0.3 is 0 Å². The quantitative estimate of drug-likeness (QED) is 0.488. The van der Waals surface area contributed by atoms with Gasteiger partial charge in [-0.05, 0) is 6.92 Å². The molecule has 0 aliphatic carbocycles. The van der Waals surface area contributed by atoms with E-state index in [0.717, 1.165) is 12.8 Å². The summed E-state index contributed by atoms with van der Waals surface area (Å²) in [6.45, 7) is 11.7. The summed E-state index contributed by atoms with van der Waals surface area (Å²) in [5, 5.41) is 0. The highest BCUT2D eigenvalue weighted by Gasteiger charge is 2.46. The Morgan fingerprint density at radius 3 is 1.81 bits per heavy atom. The van der Waals surface area contributed by atoms with E-state index in [4.69, 9.17) is 14.2 Å². The van der Waals surface area contributed by atoms with Crippen molar-refractivity contribution in [1.29, 1.82) is 0 Å². The summed E-state index contributed by atoms with van der Waals surface area (Å²) >= 11 is 0. The first kappa shape index (κ1) is 16.1. The SMILES string of the molecule is CCCC(OC)(OC)C(OCC)[Si](C)(C)C. The van der Waals surface area contributed by atoms with Crippen molar-refractivity contribution >= 4 is 8.07 Å². The maximum Gasteiger partial charge on any atom is 0.190 e. The molecule has 0 heterocycles. The van der Waals surface area contributed by atoms with E-state index in [-0.39, 0.29) is 5.73 Å².